The number of aliphatic carboxylic acids is 3. The van der Waals surface area contributed by atoms with Crippen molar-refractivity contribution in [2.24, 2.45) is 5.73 Å². The number of rotatable bonds is 29. The smallest absolute Gasteiger partial charge is 0.326 e. The van der Waals surface area contributed by atoms with E-state index in [0.717, 1.165) is 51.4 Å². The molecule has 0 aromatic carbocycles. The van der Waals surface area contributed by atoms with Crippen LogP contribution in [0.2, 0.25) is 0 Å². The summed E-state index contributed by atoms with van der Waals surface area (Å²) in [6.07, 6.45) is 11.3. The van der Waals surface area contributed by atoms with Crippen LogP contribution in [0.4, 0.5) is 0 Å². The third-order valence-corrected chi connectivity index (χ3v) is 7.09. The number of carbonyl (C=O) groups is 7. The van der Waals surface area contributed by atoms with Gasteiger partial charge in [0.25, 0.3) is 0 Å². The van der Waals surface area contributed by atoms with E-state index in [0.29, 0.717) is 44.9 Å². The highest BCUT2D eigenvalue weighted by atomic mass is 16.4. The van der Waals surface area contributed by atoms with E-state index in [2.05, 4.69) is 16.0 Å². The highest BCUT2D eigenvalue weighted by molar-refractivity contribution is 5.86. The van der Waals surface area contributed by atoms with E-state index >= 15 is 0 Å². The molecule has 0 spiro atoms. The Balaban J connectivity index is 4.18. The van der Waals surface area contributed by atoms with Crippen molar-refractivity contribution in [2.45, 2.75) is 140 Å². The lowest BCUT2D eigenvalue weighted by molar-refractivity contribution is -0.143. The molecule has 252 valence electrons. The number of amides is 3. The van der Waals surface area contributed by atoms with Gasteiger partial charge in [0.2, 0.25) is 17.7 Å². The summed E-state index contributed by atoms with van der Waals surface area (Å²) in [5, 5.41) is 34.8. The number of aldehydes is 1. The van der Waals surface area contributed by atoms with Gasteiger partial charge in [-0.25, -0.2) is 9.59 Å². The largest absolute Gasteiger partial charge is 0.481 e. The minimum atomic E-state index is -1.33. The van der Waals surface area contributed by atoms with Gasteiger partial charge in [-0.2, -0.15) is 0 Å². The van der Waals surface area contributed by atoms with Crippen LogP contribution >= 0.6 is 0 Å². The lowest BCUT2D eigenvalue weighted by Gasteiger charge is -2.17. The number of hydrogen-bond donors (Lipinski definition) is 7. The Kier molecular flexibility index (Phi) is 23.8. The summed E-state index contributed by atoms with van der Waals surface area (Å²) < 4.78 is 0. The molecule has 44 heavy (non-hydrogen) atoms. The molecule has 0 aliphatic rings. The molecule has 3 amide bonds. The van der Waals surface area contributed by atoms with Gasteiger partial charge < -0.3 is 41.8 Å². The van der Waals surface area contributed by atoms with Gasteiger partial charge in [-0.05, 0) is 44.9 Å². The van der Waals surface area contributed by atoms with E-state index in [-0.39, 0.29) is 44.4 Å². The van der Waals surface area contributed by atoms with Crippen molar-refractivity contribution in [1.29, 1.82) is 0 Å². The van der Waals surface area contributed by atoms with Crippen LogP contribution in [0, 0.1) is 0 Å². The summed E-state index contributed by atoms with van der Waals surface area (Å²) in [5.41, 5.74) is 5.49. The average Bonchev–Trinajstić information content (AvgIpc) is 2.96. The Morgan fingerprint density at radius 1 is 0.545 bits per heavy atom. The first-order chi connectivity index (χ1) is 21.0. The van der Waals surface area contributed by atoms with Crippen molar-refractivity contribution in [3.63, 3.8) is 0 Å². The third kappa shape index (κ3) is 24.0. The molecule has 0 rings (SSSR count). The number of carboxylic acids is 3. The molecule has 8 N–H and O–H groups in total. The van der Waals surface area contributed by atoms with Gasteiger partial charge in [-0.3, -0.25) is 19.2 Å². The van der Waals surface area contributed by atoms with Crippen LogP contribution in [0.25, 0.3) is 0 Å². The summed E-state index contributed by atoms with van der Waals surface area (Å²) >= 11 is 0. The first-order valence-corrected chi connectivity index (χ1v) is 15.7. The van der Waals surface area contributed by atoms with E-state index in [1.807, 2.05) is 0 Å². The number of carboxylic acid groups (broad SMARTS) is 3. The zero-order valence-electron chi connectivity index (χ0n) is 25.7. The number of nitrogens with one attached hydrogen (secondary N) is 3. The SMILES string of the molecule is N[C@H](C=O)CCCCNC(=O)CC[C@H](NC(=O)CCC(NC(=O)CCCCCCCCCCCCC(=O)O)C(=O)O)C(=O)O. The quantitative estimate of drug-likeness (QED) is 0.0468. The lowest BCUT2D eigenvalue weighted by Crippen LogP contribution is -2.44. The Morgan fingerprint density at radius 3 is 1.43 bits per heavy atom. The fourth-order valence-corrected chi connectivity index (χ4v) is 4.46. The predicted molar refractivity (Wildman–Crippen MR) is 162 cm³/mol. The highest BCUT2D eigenvalue weighted by Crippen LogP contribution is 2.12. The van der Waals surface area contributed by atoms with Crippen LogP contribution in [-0.4, -0.2) is 81.9 Å². The molecular weight excluding hydrogens is 576 g/mol. The van der Waals surface area contributed by atoms with Gasteiger partial charge >= 0.3 is 17.9 Å². The molecule has 0 radical (unpaired) electrons. The monoisotopic (exact) mass is 628 g/mol. The Hall–Kier alpha value is -3.55. The highest BCUT2D eigenvalue weighted by Gasteiger charge is 2.24. The van der Waals surface area contributed by atoms with Gasteiger partial charge in [0.05, 0.1) is 6.04 Å². The molecule has 14 heteroatoms. The number of carbonyl (C=O) groups excluding carboxylic acids is 4. The minimum Gasteiger partial charge on any atom is -0.481 e. The standard InChI is InChI=1S/C30H52N4O10/c31-22(21-35)13-11-12-20-32-25(36)18-16-23(29(41)42)34-27(38)19-17-24(30(43)44)33-26(37)14-9-7-5-3-1-2-4-6-8-10-15-28(39)40/h21-24H,1-20,31H2,(H,32,36)(H,33,37)(H,34,38)(H,39,40)(H,41,42)(H,43,44)/t22-,23-,24?/m0/s1. The zero-order valence-corrected chi connectivity index (χ0v) is 25.7. The van der Waals surface area contributed by atoms with Gasteiger partial charge in [-0.15, -0.1) is 0 Å². The maximum atomic E-state index is 12.3. The first-order valence-electron chi connectivity index (χ1n) is 15.7. The van der Waals surface area contributed by atoms with Crippen LogP contribution in [0.5, 0.6) is 0 Å². The average molecular weight is 629 g/mol. The van der Waals surface area contributed by atoms with Crippen LogP contribution < -0.4 is 21.7 Å². The van der Waals surface area contributed by atoms with Crippen molar-refractivity contribution < 1.29 is 48.9 Å². The maximum Gasteiger partial charge on any atom is 0.326 e. The fraction of sp³-hybridized carbons (Fsp3) is 0.767. The minimum absolute atomic E-state index is 0.144. The predicted octanol–water partition coefficient (Wildman–Crippen LogP) is 2.26. The molecule has 0 aromatic heterocycles. The third-order valence-electron chi connectivity index (χ3n) is 7.09. The van der Waals surface area contributed by atoms with E-state index < -0.39 is 47.8 Å². The second kappa shape index (κ2) is 25.9. The first kappa shape index (κ1) is 40.5. The molecule has 0 bridgehead atoms. The molecule has 3 atom stereocenters. The Bertz CT molecular complexity index is 899. The summed E-state index contributed by atoms with van der Waals surface area (Å²) in [4.78, 5) is 80.6. The summed E-state index contributed by atoms with van der Waals surface area (Å²) in [5.74, 6) is -4.91. The second-order valence-corrected chi connectivity index (χ2v) is 11.1. The van der Waals surface area contributed by atoms with Gasteiger partial charge in [-0.1, -0.05) is 51.4 Å². The molecule has 0 aromatic rings. The van der Waals surface area contributed by atoms with Crippen LogP contribution in [0.3, 0.4) is 0 Å². The molecule has 0 heterocycles. The molecule has 0 aliphatic carbocycles. The van der Waals surface area contributed by atoms with Crippen LogP contribution in [0.1, 0.15) is 122 Å². The van der Waals surface area contributed by atoms with Gasteiger partial charge in [0, 0.05) is 32.2 Å². The van der Waals surface area contributed by atoms with Gasteiger partial charge in [0.1, 0.15) is 18.4 Å². The maximum absolute atomic E-state index is 12.3. The molecule has 0 aliphatic heterocycles. The summed E-state index contributed by atoms with van der Waals surface area (Å²) in [6.45, 7) is 0.344. The summed E-state index contributed by atoms with van der Waals surface area (Å²) in [7, 11) is 0. The van der Waals surface area contributed by atoms with Crippen molar-refractivity contribution >= 4 is 41.9 Å². The van der Waals surface area contributed by atoms with E-state index in [1.165, 1.54) is 0 Å². The van der Waals surface area contributed by atoms with Gasteiger partial charge in [0.15, 0.2) is 0 Å². The Morgan fingerprint density at radius 2 is 0.977 bits per heavy atom. The lowest BCUT2D eigenvalue weighted by atomic mass is 10.0. The topological polar surface area (TPSA) is 242 Å². The van der Waals surface area contributed by atoms with E-state index in [1.54, 1.807) is 0 Å². The van der Waals surface area contributed by atoms with Crippen LogP contribution in [-0.2, 0) is 33.6 Å². The van der Waals surface area contributed by atoms with Crippen molar-refractivity contribution in [3.8, 4) is 0 Å². The van der Waals surface area contributed by atoms with E-state index in [9.17, 15) is 43.8 Å². The van der Waals surface area contributed by atoms with Crippen molar-refractivity contribution in [2.75, 3.05) is 6.54 Å². The molecule has 1 unspecified atom stereocenters. The Labute approximate surface area is 259 Å². The molecule has 0 saturated heterocycles. The number of hydrogen-bond acceptors (Lipinski definition) is 8. The number of unbranched alkanes of at least 4 members (excludes halogenated alkanes) is 10. The molecule has 0 saturated carbocycles. The molecular formula is C30H52N4O10. The van der Waals surface area contributed by atoms with Crippen molar-refractivity contribution in [1.82, 2.24) is 16.0 Å². The van der Waals surface area contributed by atoms with Crippen LogP contribution in [0.15, 0.2) is 0 Å². The second-order valence-electron chi connectivity index (χ2n) is 11.1. The fourth-order valence-electron chi connectivity index (χ4n) is 4.46. The summed E-state index contributed by atoms with van der Waals surface area (Å²) in [6, 6.07) is -3.16. The number of nitrogens with two attached hydrogens (primary N) is 1. The van der Waals surface area contributed by atoms with Crippen molar-refractivity contribution in [3.05, 3.63) is 0 Å². The molecule has 0 fully saturated rings. The zero-order chi connectivity index (χ0) is 33.2. The normalized spacial score (nSPS) is 12.8. The van der Waals surface area contributed by atoms with E-state index in [4.69, 9.17) is 10.8 Å². The molecule has 14 nitrogen and oxygen atoms in total.